The molecule has 0 aliphatic carbocycles. The molecule has 12 rings (SSSR count). The number of benzene rings is 8. The van der Waals surface area contributed by atoms with E-state index in [0.29, 0.717) is 0 Å². The summed E-state index contributed by atoms with van der Waals surface area (Å²) in [6, 6.07) is 64.2. The van der Waals surface area contributed by atoms with Crippen LogP contribution in [0.15, 0.2) is 196 Å². The Morgan fingerprint density at radius 1 is 0.509 bits per heavy atom. The average Bonchev–Trinajstić information content (AvgIpc) is 3.96. The quantitative estimate of drug-likeness (QED) is 0.191. The number of amidine groups is 2. The molecular weight excluding hydrogens is 717 g/mol. The summed E-state index contributed by atoms with van der Waals surface area (Å²) in [7, 11) is 0. The fourth-order valence-electron chi connectivity index (χ4n) is 8.65. The number of thiophene rings is 1. The fraction of sp³-hybridized carbons (Fsp3) is 0.0196. The highest BCUT2D eigenvalue weighted by Crippen LogP contribution is 2.45. The minimum absolute atomic E-state index is 0.254. The predicted molar refractivity (Wildman–Crippen MR) is 238 cm³/mol. The molecule has 268 valence electrons. The number of aromatic nitrogens is 1. The molecule has 0 saturated heterocycles. The second kappa shape index (κ2) is 12.6. The van der Waals surface area contributed by atoms with Crippen LogP contribution in [-0.4, -0.2) is 16.2 Å². The summed E-state index contributed by atoms with van der Waals surface area (Å²) in [5.74, 6) is 1.53. The van der Waals surface area contributed by atoms with Crippen molar-refractivity contribution in [3.8, 4) is 16.8 Å². The number of aliphatic imine (C=N–C) groups is 2. The zero-order valence-electron chi connectivity index (χ0n) is 30.6. The lowest BCUT2D eigenvalue weighted by atomic mass is 9.99. The van der Waals surface area contributed by atoms with Gasteiger partial charge in [0.05, 0.1) is 16.7 Å². The number of furan rings is 1. The predicted octanol–water partition coefficient (Wildman–Crippen LogP) is 13.2. The van der Waals surface area contributed by atoms with E-state index in [-0.39, 0.29) is 6.17 Å². The lowest BCUT2D eigenvalue weighted by Crippen LogP contribution is -2.33. The second-order valence-electron chi connectivity index (χ2n) is 14.5. The first-order valence-corrected chi connectivity index (χ1v) is 20.0. The number of hydrogen-bond acceptors (Lipinski definition) is 5. The number of para-hydroxylation sites is 4. The van der Waals surface area contributed by atoms with Gasteiger partial charge in [0.15, 0.2) is 11.4 Å². The van der Waals surface area contributed by atoms with Gasteiger partial charge < -0.3 is 14.3 Å². The van der Waals surface area contributed by atoms with Gasteiger partial charge >= 0.3 is 0 Å². The molecule has 0 spiro atoms. The van der Waals surface area contributed by atoms with Gasteiger partial charge in [0.2, 0.25) is 0 Å². The number of nitrogens with zero attached hydrogens (tertiary/aromatic N) is 3. The van der Waals surface area contributed by atoms with Crippen LogP contribution in [0.1, 0.15) is 22.9 Å². The van der Waals surface area contributed by atoms with Gasteiger partial charge in [0.25, 0.3) is 0 Å². The van der Waals surface area contributed by atoms with E-state index in [2.05, 4.69) is 168 Å². The van der Waals surface area contributed by atoms with Gasteiger partial charge in [-0.15, -0.1) is 11.3 Å². The molecule has 0 saturated carbocycles. The van der Waals surface area contributed by atoms with Crippen molar-refractivity contribution in [2.24, 2.45) is 9.98 Å². The zero-order valence-corrected chi connectivity index (χ0v) is 31.4. The zero-order chi connectivity index (χ0) is 37.5. The molecule has 0 amide bonds. The molecule has 1 atom stereocenters. The molecular formula is C51H32N4OS. The average molecular weight is 749 g/mol. The van der Waals surface area contributed by atoms with Crippen LogP contribution in [0.25, 0.3) is 80.7 Å². The molecule has 11 aromatic rings. The van der Waals surface area contributed by atoms with Crippen LogP contribution in [0.5, 0.6) is 0 Å². The highest BCUT2D eigenvalue weighted by molar-refractivity contribution is 7.26. The Labute approximate surface area is 331 Å². The Bertz CT molecular complexity index is 3390. The number of hydrogen-bond donors (Lipinski definition) is 1. The lowest BCUT2D eigenvalue weighted by Gasteiger charge is -2.23. The van der Waals surface area contributed by atoms with Crippen molar-refractivity contribution in [1.29, 1.82) is 0 Å². The first-order valence-electron chi connectivity index (χ1n) is 19.2. The topological polar surface area (TPSA) is 54.8 Å². The molecule has 6 heteroatoms. The Morgan fingerprint density at radius 3 is 1.91 bits per heavy atom. The Balaban J connectivity index is 1.00. The smallest absolute Gasteiger partial charge is 0.159 e. The highest BCUT2D eigenvalue weighted by atomic mass is 32.1. The van der Waals surface area contributed by atoms with Gasteiger partial charge in [0, 0.05) is 64.0 Å². The molecule has 8 aromatic carbocycles. The molecule has 4 heterocycles. The summed E-state index contributed by atoms with van der Waals surface area (Å²) in [6.07, 6.45) is -0.254. The molecule has 1 aliphatic rings. The van der Waals surface area contributed by atoms with E-state index >= 15 is 0 Å². The van der Waals surface area contributed by atoms with Crippen molar-refractivity contribution in [1.82, 2.24) is 9.88 Å². The van der Waals surface area contributed by atoms with Crippen LogP contribution in [0.2, 0.25) is 0 Å². The van der Waals surface area contributed by atoms with E-state index in [0.717, 1.165) is 78.1 Å². The molecule has 5 nitrogen and oxygen atoms in total. The third-order valence-electron chi connectivity index (χ3n) is 11.3. The third kappa shape index (κ3) is 5.01. The van der Waals surface area contributed by atoms with E-state index in [1.54, 1.807) is 0 Å². The maximum atomic E-state index is 7.05. The van der Waals surface area contributed by atoms with Gasteiger partial charge in [0.1, 0.15) is 17.6 Å². The van der Waals surface area contributed by atoms with Crippen LogP contribution < -0.4 is 5.32 Å². The first-order chi connectivity index (χ1) is 28.3. The maximum Gasteiger partial charge on any atom is 0.159 e. The molecule has 0 fully saturated rings. The molecule has 0 radical (unpaired) electrons. The number of fused-ring (bicyclic) bond motifs is 9. The standard InChI is InChI=1S/C51H32N4OS/c1-3-14-31(15-4-1)49-52-50(32-16-5-2-6-17-32)54-51(53-49)33-28-29-45-41(30-33)40-24-12-23-39(48(40)57-45)38-21-11-20-36-37-22-13-27-44(47(37)56-46(36)38)55-42-25-9-7-18-34(42)35-19-8-10-26-43(35)55/h1-30,49H,(H,52,53,54). The van der Waals surface area contributed by atoms with Gasteiger partial charge in [-0.1, -0.05) is 146 Å². The summed E-state index contributed by atoms with van der Waals surface area (Å²) in [5.41, 5.74) is 10.5. The van der Waals surface area contributed by atoms with Crippen LogP contribution in [0, 0.1) is 0 Å². The Hall–Kier alpha value is -7.28. The SMILES string of the molecule is c1ccc(C2=NC(c3ccccc3)NC(c3ccc4sc5c(-c6cccc7c6oc6c(-n8c9ccccc9c9ccccc98)cccc67)cccc5c4c3)=N2)cc1. The minimum Gasteiger partial charge on any atom is -0.453 e. The summed E-state index contributed by atoms with van der Waals surface area (Å²) in [4.78, 5) is 10.1. The number of rotatable bonds is 5. The van der Waals surface area contributed by atoms with Crippen molar-refractivity contribution in [3.63, 3.8) is 0 Å². The normalized spacial score (nSPS) is 14.5. The summed E-state index contributed by atoms with van der Waals surface area (Å²) < 4.78 is 11.9. The van der Waals surface area contributed by atoms with Gasteiger partial charge in [-0.05, 0) is 42.0 Å². The van der Waals surface area contributed by atoms with E-state index < -0.39 is 0 Å². The van der Waals surface area contributed by atoms with E-state index in [1.807, 2.05) is 35.6 Å². The van der Waals surface area contributed by atoms with Gasteiger partial charge in [-0.25, -0.2) is 9.98 Å². The maximum absolute atomic E-state index is 7.05. The largest absolute Gasteiger partial charge is 0.453 e. The van der Waals surface area contributed by atoms with Crippen molar-refractivity contribution >= 4 is 86.9 Å². The molecule has 0 bridgehead atoms. The molecule has 3 aromatic heterocycles. The van der Waals surface area contributed by atoms with Crippen molar-refractivity contribution < 1.29 is 4.42 Å². The molecule has 57 heavy (non-hydrogen) atoms. The van der Waals surface area contributed by atoms with Gasteiger partial charge in [-0.2, -0.15) is 0 Å². The third-order valence-corrected chi connectivity index (χ3v) is 12.5. The van der Waals surface area contributed by atoms with E-state index in [4.69, 9.17) is 14.4 Å². The van der Waals surface area contributed by atoms with Crippen LogP contribution in [0.3, 0.4) is 0 Å². The Morgan fingerprint density at radius 2 is 1.14 bits per heavy atom. The van der Waals surface area contributed by atoms with Crippen LogP contribution in [0.4, 0.5) is 0 Å². The van der Waals surface area contributed by atoms with Crippen molar-refractivity contribution in [3.05, 3.63) is 199 Å². The van der Waals surface area contributed by atoms with Crippen molar-refractivity contribution in [2.45, 2.75) is 6.17 Å². The van der Waals surface area contributed by atoms with Crippen LogP contribution >= 0.6 is 11.3 Å². The molecule has 1 N–H and O–H groups in total. The fourth-order valence-corrected chi connectivity index (χ4v) is 9.86. The lowest BCUT2D eigenvalue weighted by molar-refractivity contribution is 0.667. The summed E-state index contributed by atoms with van der Waals surface area (Å²) in [6.45, 7) is 0. The Kier molecular flexibility index (Phi) is 7.09. The monoisotopic (exact) mass is 748 g/mol. The summed E-state index contributed by atoms with van der Waals surface area (Å²) in [5, 5.41) is 10.7. The molecule has 1 aliphatic heterocycles. The van der Waals surface area contributed by atoms with E-state index in [1.165, 1.54) is 30.9 Å². The second-order valence-corrected chi connectivity index (χ2v) is 15.6. The first kappa shape index (κ1) is 32.0. The van der Waals surface area contributed by atoms with Crippen molar-refractivity contribution in [2.75, 3.05) is 0 Å². The minimum atomic E-state index is -0.254. The highest BCUT2D eigenvalue weighted by Gasteiger charge is 2.23. The number of nitrogens with one attached hydrogen (secondary N) is 1. The molecule has 1 unspecified atom stereocenters. The van der Waals surface area contributed by atoms with E-state index in [9.17, 15) is 0 Å². The summed E-state index contributed by atoms with van der Waals surface area (Å²) >= 11 is 1.82. The van der Waals surface area contributed by atoms with Crippen LogP contribution in [-0.2, 0) is 0 Å². The van der Waals surface area contributed by atoms with Gasteiger partial charge in [-0.3, -0.25) is 0 Å².